The normalized spacial score (nSPS) is 10.6. The fourth-order valence-corrected chi connectivity index (χ4v) is 2.38. The fourth-order valence-electron chi connectivity index (χ4n) is 2.38. The minimum atomic E-state index is 0.469. The van der Waals surface area contributed by atoms with Gasteiger partial charge in [0.15, 0.2) is 5.76 Å². The van der Waals surface area contributed by atoms with E-state index in [2.05, 4.69) is 25.3 Å². The van der Waals surface area contributed by atoms with Gasteiger partial charge in [0.25, 0.3) is 0 Å². The van der Waals surface area contributed by atoms with Crippen molar-refractivity contribution < 1.29 is 4.42 Å². The van der Waals surface area contributed by atoms with Crippen LogP contribution in [-0.4, -0.2) is 19.9 Å². The highest BCUT2D eigenvalue weighted by Gasteiger charge is 2.11. The molecule has 1 N–H and O–H groups in total. The Balaban J connectivity index is 1.60. The summed E-state index contributed by atoms with van der Waals surface area (Å²) < 4.78 is 5.80. The van der Waals surface area contributed by atoms with Crippen molar-refractivity contribution in [2.75, 3.05) is 5.32 Å². The molecule has 0 amide bonds. The number of pyridine rings is 3. The van der Waals surface area contributed by atoms with Gasteiger partial charge in [-0.05, 0) is 48.9 Å². The molecule has 0 spiro atoms. The molecule has 0 atom stereocenters. The van der Waals surface area contributed by atoms with Crippen molar-refractivity contribution in [3.8, 4) is 23.0 Å². The Morgan fingerprint density at radius 2 is 1.76 bits per heavy atom. The van der Waals surface area contributed by atoms with Gasteiger partial charge in [0.05, 0.1) is 6.20 Å². The molecule has 0 unspecified atom stereocenters. The molecule has 25 heavy (non-hydrogen) atoms. The van der Waals surface area contributed by atoms with E-state index in [4.69, 9.17) is 4.42 Å². The van der Waals surface area contributed by atoms with Gasteiger partial charge in [-0.2, -0.15) is 0 Å². The van der Waals surface area contributed by atoms with E-state index in [0.717, 1.165) is 11.4 Å². The van der Waals surface area contributed by atoms with Crippen LogP contribution in [0.25, 0.3) is 23.0 Å². The van der Waals surface area contributed by atoms with Crippen LogP contribution < -0.4 is 5.32 Å². The zero-order chi connectivity index (χ0) is 17.1. The maximum absolute atomic E-state index is 5.80. The molecule has 0 aliphatic carbocycles. The van der Waals surface area contributed by atoms with E-state index < -0.39 is 0 Å². The Labute approximate surface area is 144 Å². The Morgan fingerprint density at radius 1 is 0.840 bits per heavy atom. The SMILES string of the molecule is Cc1ccnc(Nc2cccc(-c3cnc(-c4ccccn4)o3)n2)c1. The maximum atomic E-state index is 5.80. The van der Waals surface area contributed by atoms with Crippen molar-refractivity contribution in [1.29, 1.82) is 0 Å². The van der Waals surface area contributed by atoms with E-state index in [1.165, 1.54) is 0 Å². The molecule has 6 nitrogen and oxygen atoms in total. The van der Waals surface area contributed by atoms with Crippen LogP contribution in [-0.2, 0) is 0 Å². The summed E-state index contributed by atoms with van der Waals surface area (Å²) in [6.07, 6.45) is 5.12. The molecule has 0 aromatic carbocycles. The summed E-state index contributed by atoms with van der Waals surface area (Å²) in [5.41, 5.74) is 2.50. The third kappa shape index (κ3) is 3.37. The van der Waals surface area contributed by atoms with Crippen LogP contribution >= 0.6 is 0 Å². The molecule has 0 aliphatic rings. The van der Waals surface area contributed by atoms with Gasteiger partial charge in [-0.3, -0.25) is 4.98 Å². The quantitative estimate of drug-likeness (QED) is 0.603. The van der Waals surface area contributed by atoms with Crippen LogP contribution in [0.1, 0.15) is 5.56 Å². The summed E-state index contributed by atoms with van der Waals surface area (Å²) in [4.78, 5) is 17.4. The van der Waals surface area contributed by atoms with Crippen molar-refractivity contribution >= 4 is 11.6 Å². The van der Waals surface area contributed by atoms with E-state index in [1.54, 1.807) is 18.6 Å². The van der Waals surface area contributed by atoms with Crippen molar-refractivity contribution in [2.45, 2.75) is 6.92 Å². The highest BCUT2D eigenvalue weighted by molar-refractivity contribution is 5.60. The highest BCUT2D eigenvalue weighted by Crippen LogP contribution is 2.25. The molecule has 4 aromatic rings. The lowest BCUT2D eigenvalue weighted by atomic mass is 10.3. The Hall–Kier alpha value is -3.54. The molecule has 6 heteroatoms. The predicted molar refractivity (Wildman–Crippen MR) is 95.2 cm³/mol. The number of hydrogen-bond acceptors (Lipinski definition) is 6. The fraction of sp³-hybridized carbons (Fsp3) is 0.0526. The van der Waals surface area contributed by atoms with E-state index in [-0.39, 0.29) is 0 Å². The summed E-state index contributed by atoms with van der Waals surface area (Å²) >= 11 is 0. The molecular weight excluding hydrogens is 314 g/mol. The lowest BCUT2D eigenvalue weighted by Gasteiger charge is -2.06. The molecule has 0 radical (unpaired) electrons. The molecule has 122 valence electrons. The van der Waals surface area contributed by atoms with Gasteiger partial charge in [-0.1, -0.05) is 12.1 Å². The first-order valence-electron chi connectivity index (χ1n) is 7.82. The van der Waals surface area contributed by atoms with Gasteiger partial charge < -0.3 is 9.73 Å². The topological polar surface area (TPSA) is 76.7 Å². The largest absolute Gasteiger partial charge is 0.433 e. The number of aryl methyl sites for hydroxylation is 1. The summed E-state index contributed by atoms with van der Waals surface area (Å²) in [5.74, 6) is 2.49. The lowest BCUT2D eigenvalue weighted by Crippen LogP contribution is -1.96. The molecule has 4 rings (SSSR count). The number of nitrogens with zero attached hydrogens (tertiary/aromatic N) is 4. The van der Waals surface area contributed by atoms with E-state index in [0.29, 0.717) is 28.9 Å². The monoisotopic (exact) mass is 329 g/mol. The predicted octanol–water partition coefficient (Wildman–Crippen LogP) is 4.25. The average molecular weight is 329 g/mol. The van der Waals surface area contributed by atoms with Gasteiger partial charge in [-0.25, -0.2) is 15.0 Å². The third-order valence-corrected chi connectivity index (χ3v) is 3.56. The molecule has 4 aromatic heterocycles. The van der Waals surface area contributed by atoms with Crippen LogP contribution in [0.3, 0.4) is 0 Å². The van der Waals surface area contributed by atoms with Gasteiger partial charge in [-0.15, -0.1) is 0 Å². The summed E-state index contributed by atoms with van der Waals surface area (Å²) in [6, 6.07) is 15.2. The van der Waals surface area contributed by atoms with Crippen LogP contribution in [0.2, 0.25) is 0 Å². The average Bonchev–Trinajstić information content (AvgIpc) is 3.13. The smallest absolute Gasteiger partial charge is 0.245 e. The number of aromatic nitrogens is 4. The lowest BCUT2D eigenvalue weighted by molar-refractivity contribution is 0.584. The molecule has 4 heterocycles. The van der Waals surface area contributed by atoms with Gasteiger partial charge in [0.1, 0.15) is 23.0 Å². The molecule has 0 bridgehead atoms. The van der Waals surface area contributed by atoms with Gasteiger partial charge in [0.2, 0.25) is 5.89 Å². The Kier molecular flexibility index (Phi) is 3.92. The summed E-state index contributed by atoms with van der Waals surface area (Å²) in [6.45, 7) is 2.02. The first-order chi connectivity index (χ1) is 12.3. The number of rotatable bonds is 4. The summed E-state index contributed by atoms with van der Waals surface area (Å²) in [5, 5.41) is 3.20. The number of nitrogens with one attached hydrogen (secondary N) is 1. The molecule has 0 saturated carbocycles. The Bertz CT molecular complexity index is 997. The first-order valence-corrected chi connectivity index (χ1v) is 7.82. The van der Waals surface area contributed by atoms with E-state index >= 15 is 0 Å². The molecule has 0 fully saturated rings. The second kappa shape index (κ2) is 6.52. The van der Waals surface area contributed by atoms with Crippen LogP contribution in [0, 0.1) is 6.92 Å². The van der Waals surface area contributed by atoms with Crippen LogP contribution in [0.4, 0.5) is 11.6 Å². The number of oxazole rings is 1. The number of anilines is 2. The molecular formula is C19H15N5O. The van der Waals surface area contributed by atoms with Gasteiger partial charge >= 0.3 is 0 Å². The standard InChI is InChI=1S/C19H15N5O/c1-13-8-10-21-18(11-13)24-17-7-4-6-14(23-17)16-12-22-19(25-16)15-5-2-3-9-20-15/h2-12H,1H3,(H,21,23,24). The van der Waals surface area contributed by atoms with Gasteiger partial charge in [0, 0.05) is 12.4 Å². The zero-order valence-electron chi connectivity index (χ0n) is 13.5. The zero-order valence-corrected chi connectivity index (χ0v) is 13.5. The van der Waals surface area contributed by atoms with E-state index in [9.17, 15) is 0 Å². The third-order valence-electron chi connectivity index (χ3n) is 3.56. The molecule has 0 aliphatic heterocycles. The van der Waals surface area contributed by atoms with Crippen molar-refractivity contribution in [2.24, 2.45) is 0 Å². The van der Waals surface area contributed by atoms with Crippen molar-refractivity contribution in [1.82, 2.24) is 19.9 Å². The Morgan fingerprint density at radius 3 is 2.60 bits per heavy atom. The number of hydrogen-bond donors (Lipinski definition) is 1. The second-order valence-corrected chi connectivity index (χ2v) is 5.50. The van der Waals surface area contributed by atoms with Crippen molar-refractivity contribution in [3.05, 3.63) is 72.7 Å². The summed E-state index contributed by atoms with van der Waals surface area (Å²) in [7, 11) is 0. The molecule has 0 saturated heterocycles. The first kappa shape index (κ1) is 15.0. The van der Waals surface area contributed by atoms with Crippen LogP contribution in [0.15, 0.2) is 71.5 Å². The highest BCUT2D eigenvalue weighted by atomic mass is 16.4. The second-order valence-electron chi connectivity index (χ2n) is 5.50. The van der Waals surface area contributed by atoms with Crippen molar-refractivity contribution in [3.63, 3.8) is 0 Å². The van der Waals surface area contributed by atoms with Crippen LogP contribution in [0.5, 0.6) is 0 Å². The minimum absolute atomic E-state index is 0.469. The van der Waals surface area contributed by atoms with E-state index in [1.807, 2.05) is 55.5 Å². The maximum Gasteiger partial charge on any atom is 0.245 e. The minimum Gasteiger partial charge on any atom is -0.433 e.